The highest BCUT2D eigenvalue weighted by molar-refractivity contribution is 5.81. The molecule has 0 spiro atoms. The van der Waals surface area contributed by atoms with Gasteiger partial charge in [-0.2, -0.15) is 0 Å². The zero-order valence-electron chi connectivity index (χ0n) is 16.0. The lowest BCUT2D eigenvalue weighted by Crippen LogP contribution is -2.41. The molecule has 2 aromatic carbocycles. The van der Waals surface area contributed by atoms with Crippen molar-refractivity contribution in [3.05, 3.63) is 65.7 Å². The van der Waals surface area contributed by atoms with Crippen molar-refractivity contribution in [1.29, 1.82) is 0 Å². The average molecular weight is 354 g/mol. The summed E-state index contributed by atoms with van der Waals surface area (Å²) >= 11 is 0. The molecule has 140 valence electrons. The van der Waals surface area contributed by atoms with E-state index in [1.165, 1.54) is 11.1 Å². The van der Waals surface area contributed by atoms with Crippen molar-refractivity contribution in [3.8, 4) is 0 Å². The molecule has 0 aliphatic carbocycles. The molecular weight excluding hydrogens is 324 g/mol. The summed E-state index contributed by atoms with van der Waals surface area (Å²) in [6.45, 7) is 7.36. The maximum Gasteiger partial charge on any atom is 0.239 e. The topological polar surface area (TPSA) is 52.6 Å². The fourth-order valence-corrected chi connectivity index (χ4v) is 2.86. The summed E-state index contributed by atoms with van der Waals surface area (Å²) in [5.74, 6) is 0.495. The Kier molecular flexibility index (Phi) is 7.67. The van der Waals surface area contributed by atoms with Gasteiger partial charge in [-0.3, -0.25) is 4.79 Å². The molecule has 0 saturated carbocycles. The van der Waals surface area contributed by atoms with Gasteiger partial charge >= 0.3 is 0 Å². The van der Waals surface area contributed by atoms with E-state index in [0.29, 0.717) is 19.0 Å². The maximum absolute atomic E-state index is 12.3. The molecule has 0 heterocycles. The molecule has 0 fully saturated rings. The molecule has 0 bridgehead atoms. The Morgan fingerprint density at radius 1 is 1.04 bits per heavy atom. The van der Waals surface area contributed by atoms with E-state index in [9.17, 15) is 9.90 Å². The van der Waals surface area contributed by atoms with E-state index in [2.05, 4.69) is 43.4 Å². The van der Waals surface area contributed by atoms with Crippen LogP contribution in [0.1, 0.15) is 37.8 Å². The zero-order valence-corrected chi connectivity index (χ0v) is 16.0. The number of nitrogens with one attached hydrogen (secondary N) is 1. The molecule has 2 N–H and O–H groups in total. The predicted octanol–water partition coefficient (Wildman–Crippen LogP) is 3.36. The van der Waals surface area contributed by atoms with Crippen LogP contribution in [0.25, 0.3) is 0 Å². The Morgan fingerprint density at radius 3 is 2.27 bits per heavy atom. The van der Waals surface area contributed by atoms with Gasteiger partial charge in [-0.15, -0.1) is 0 Å². The molecule has 2 aromatic rings. The molecule has 2 rings (SSSR count). The number of carbonyl (C=O) groups is 1. The van der Waals surface area contributed by atoms with Crippen LogP contribution in [0, 0.1) is 0 Å². The second-order valence-corrected chi connectivity index (χ2v) is 7.06. The van der Waals surface area contributed by atoms with Gasteiger partial charge in [-0.25, -0.2) is 0 Å². The molecule has 26 heavy (non-hydrogen) atoms. The van der Waals surface area contributed by atoms with Crippen LogP contribution in [0.2, 0.25) is 0 Å². The van der Waals surface area contributed by atoms with E-state index >= 15 is 0 Å². The van der Waals surface area contributed by atoms with Crippen LogP contribution in [0.3, 0.4) is 0 Å². The first-order valence-corrected chi connectivity index (χ1v) is 9.29. The molecule has 0 saturated heterocycles. The monoisotopic (exact) mass is 354 g/mol. The number of rotatable bonds is 9. The quantitative estimate of drug-likeness (QED) is 0.726. The number of benzene rings is 2. The van der Waals surface area contributed by atoms with E-state index in [-0.39, 0.29) is 12.5 Å². The van der Waals surface area contributed by atoms with Gasteiger partial charge < -0.3 is 15.3 Å². The third-order valence-corrected chi connectivity index (χ3v) is 4.32. The summed E-state index contributed by atoms with van der Waals surface area (Å²) in [5.41, 5.74) is 3.49. The van der Waals surface area contributed by atoms with Crippen molar-refractivity contribution in [3.63, 3.8) is 0 Å². The summed E-state index contributed by atoms with van der Waals surface area (Å²) in [4.78, 5) is 14.2. The fourth-order valence-electron chi connectivity index (χ4n) is 2.86. The highest BCUT2D eigenvalue weighted by Crippen LogP contribution is 2.15. The van der Waals surface area contributed by atoms with Crippen molar-refractivity contribution >= 4 is 11.6 Å². The molecule has 0 aliphatic rings. The minimum absolute atomic E-state index is 0.0340. The average Bonchev–Trinajstić information content (AvgIpc) is 2.62. The van der Waals surface area contributed by atoms with E-state index < -0.39 is 6.10 Å². The first kappa shape index (κ1) is 20.0. The largest absolute Gasteiger partial charge is 0.392 e. The third kappa shape index (κ3) is 6.52. The summed E-state index contributed by atoms with van der Waals surface area (Å²) in [5, 5.41) is 12.7. The molecule has 4 nitrogen and oxygen atoms in total. The van der Waals surface area contributed by atoms with Gasteiger partial charge in [-0.05, 0) is 42.5 Å². The van der Waals surface area contributed by atoms with E-state index in [4.69, 9.17) is 0 Å². The van der Waals surface area contributed by atoms with Crippen molar-refractivity contribution < 1.29 is 9.90 Å². The Bertz CT molecular complexity index is 666. The highest BCUT2D eigenvalue weighted by Gasteiger charge is 2.13. The molecule has 1 unspecified atom stereocenters. The van der Waals surface area contributed by atoms with Crippen LogP contribution in [0.5, 0.6) is 0 Å². The predicted molar refractivity (Wildman–Crippen MR) is 108 cm³/mol. The number of aliphatic hydroxyl groups is 1. The van der Waals surface area contributed by atoms with Crippen LogP contribution in [0.4, 0.5) is 5.69 Å². The summed E-state index contributed by atoms with van der Waals surface area (Å²) in [6.07, 6.45) is 0.314. The van der Waals surface area contributed by atoms with E-state index in [1.807, 2.05) is 35.2 Å². The second-order valence-electron chi connectivity index (χ2n) is 7.06. The first-order valence-electron chi connectivity index (χ1n) is 9.29. The maximum atomic E-state index is 12.3. The summed E-state index contributed by atoms with van der Waals surface area (Å²) in [6, 6.07) is 18.3. The van der Waals surface area contributed by atoms with E-state index in [1.54, 1.807) is 6.92 Å². The van der Waals surface area contributed by atoms with Gasteiger partial charge in [-0.1, -0.05) is 56.3 Å². The van der Waals surface area contributed by atoms with Crippen LogP contribution < -0.4 is 10.2 Å². The number of anilines is 1. The minimum atomic E-state index is -0.498. The number of hydrogen-bond donors (Lipinski definition) is 2. The van der Waals surface area contributed by atoms with Crippen molar-refractivity contribution in [2.45, 2.75) is 39.2 Å². The third-order valence-electron chi connectivity index (χ3n) is 4.32. The molecule has 1 atom stereocenters. The molecule has 0 aromatic heterocycles. The smallest absolute Gasteiger partial charge is 0.239 e. The van der Waals surface area contributed by atoms with Gasteiger partial charge in [0.2, 0.25) is 5.91 Å². The standard InChI is InChI=1S/C22H30N2O2/c1-17(2)20-11-9-19(10-12-20)13-14-23-22(26)16-24(15-18(3)25)21-7-5-4-6-8-21/h4-12,17-18,25H,13-16H2,1-3H3,(H,23,26). The normalized spacial score (nSPS) is 12.0. The first-order chi connectivity index (χ1) is 12.5. The Morgan fingerprint density at radius 2 is 1.69 bits per heavy atom. The fraction of sp³-hybridized carbons (Fsp3) is 0.409. The van der Waals surface area contributed by atoms with E-state index in [0.717, 1.165) is 12.1 Å². The molecular formula is C22H30N2O2. The van der Waals surface area contributed by atoms with Crippen LogP contribution >= 0.6 is 0 Å². The number of para-hydroxylation sites is 1. The van der Waals surface area contributed by atoms with Crippen molar-refractivity contribution in [2.75, 3.05) is 24.5 Å². The molecule has 0 radical (unpaired) electrons. The molecule has 4 heteroatoms. The highest BCUT2D eigenvalue weighted by atomic mass is 16.3. The Labute approximate surface area is 156 Å². The van der Waals surface area contributed by atoms with Gasteiger partial charge in [0, 0.05) is 18.8 Å². The SMILES string of the molecule is CC(O)CN(CC(=O)NCCc1ccc(C(C)C)cc1)c1ccccc1. The summed E-state index contributed by atoms with van der Waals surface area (Å²) < 4.78 is 0. The number of hydrogen-bond acceptors (Lipinski definition) is 3. The van der Waals surface area contributed by atoms with Gasteiger partial charge in [0.25, 0.3) is 0 Å². The lowest BCUT2D eigenvalue weighted by molar-refractivity contribution is -0.119. The summed E-state index contributed by atoms with van der Waals surface area (Å²) in [7, 11) is 0. The molecule has 0 aliphatic heterocycles. The van der Waals surface area contributed by atoms with Crippen molar-refractivity contribution in [2.24, 2.45) is 0 Å². The Hall–Kier alpha value is -2.33. The Balaban J connectivity index is 1.84. The number of nitrogens with zero attached hydrogens (tertiary/aromatic N) is 1. The second kappa shape index (κ2) is 9.97. The van der Waals surface area contributed by atoms with Gasteiger partial charge in [0.05, 0.1) is 12.6 Å². The van der Waals surface area contributed by atoms with Gasteiger partial charge in [0.15, 0.2) is 0 Å². The van der Waals surface area contributed by atoms with Crippen molar-refractivity contribution in [1.82, 2.24) is 5.32 Å². The zero-order chi connectivity index (χ0) is 18.9. The molecule has 1 amide bonds. The number of amides is 1. The van der Waals surface area contributed by atoms with Crippen LogP contribution in [-0.2, 0) is 11.2 Å². The lowest BCUT2D eigenvalue weighted by Gasteiger charge is -2.25. The minimum Gasteiger partial charge on any atom is -0.392 e. The number of aliphatic hydroxyl groups excluding tert-OH is 1. The van der Waals surface area contributed by atoms with Gasteiger partial charge in [0.1, 0.15) is 0 Å². The van der Waals surface area contributed by atoms with Crippen LogP contribution in [0.15, 0.2) is 54.6 Å². The lowest BCUT2D eigenvalue weighted by atomic mass is 10.0. The van der Waals surface area contributed by atoms with Crippen LogP contribution in [-0.4, -0.2) is 36.8 Å². The number of carbonyl (C=O) groups excluding carboxylic acids is 1.